The fourth-order valence-corrected chi connectivity index (χ4v) is 4.58. The van der Waals surface area contributed by atoms with E-state index in [1.54, 1.807) is 51.1 Å². The molecule has 0 aliphatic carbocycles. The molecule has 2 atom stereocenters. The van der Waals surface area contributed by atoms with Gasteiger partial charge in [0.15, 0.2) is 0 Å². The third-order valence-corrected chi connectivity index (χ3v) is 6.74. The molecule has 2 N–H and O–H groups in total. The van der Waals surface area contributed by atoms with Gasteiger partial charge < -0.3 is 19.9 Å². The van der Waals surface area contributed by atoms with Crippen molar-refractivity contribution in [2.75, 3.05) is 13.7 Å². The van der Waals surface area contributed by atoms with Crippen molar-refractivity contribution in [1.82, 2.24) is 9.62 Å². The largest absolute Gasteiger partial charge is 0.497 e. The maximum atomic E-state index is 13.4. The second-order valence-corrected chi connectivity index (χ2v) is 10.9. The molecule has 0 saturated carbocycles. The number of hydrogen-bond donors (Lipinski definition) is 2. The molecule has 0 heterocycles. The summed E-state index contributed by atoms with van der Waals surface area (Å²) in [5.41, 5.74) is -0.513. The van der Waals surface area contributed by atoms with Crippen molar-refractivity contribution in [1.29, 1.82) is 5.26 Å². The van der Waals surface area contributed by atoms with Crippen LogP contribution < -0.4 is 10.1 Å². The first-order chi connectivity index (χ1) is 17.4. The molecule has 2 aromatic rings. The Morgan fingerprint density at radius 3 is 2.35 bits per heavy atom. The fraction of sp³-hybridized carbons (Fsp3) is 0.346. The molecule has 0 spiro atoms. The molecule has 1 amide bonds. The number of nitrogens with one attached hydrogen (secondary N) is 1. The van der Waals surface area contributed by atoms with Gasteiger partial charge in [0.2, 0.25) is 0 Å². The maximum absolute atomic E-state index is 13.4. The van der Waals surface area contributed by atoms with E-state index in [2.05, 4.69) is 10.2 Å². The third kappa shape index (κ3) is 8.83. The summed E-state index contributed by atoms with van der Waals surface area (Å²) in [6.07, 6.45) is -1.20. The van der Waals surface area contributed by atoms with Crippen LogP contribution in [0, 0.1) is 17.9 Å². The summed E-state index contributed by atoms with van der Waals surface area (Å²) in [6, 6.07) is 15.2. The summed E-state index contributed by atoms with van der Waals surface area (Å²) in [6.45, 7) is 11.7. The number of methoxy groups -OCH3 is 1. The molecule has 37 heavy (non-hydrogen) atoms. The van der Waals surface area contributed by atoms with Gasteiger partial charge in [0.1, 0.15) is 11.4 Å². The highest BCUT2D eigenvalue weighted by Crippen LogP contribution is 2.22. The monoisotopic (exact) mass is 526 g/mol. The van der Waals surface area contributed by atoms with Gasteiger partial charge in [-0.05, 0) is 57.0 Å². The average molecular weight is 527 g/mol. The molecule has 2 rings (SSSR count). The first kappa shape index (κ1) is 29.2. The van der Waals surface area contributed by atoms with E-state index in [1.807, 2.05) is 6.07 Å². The van der Waals surface area contributed by atoms with E-state index >= 15 is 0 Å². The van der Waals surface area contributed by atoms with Gasteiger partial charge >= 0.3 is 6.09 Å². The number of ether oxygens (including phenoxy) is 2. The predicted molar refractivity (Wildman–Crippen MR) is 136 cm³/mol. The van der Waals surface area contributed by atoms with Crippen molar-refractivity contribution >= 4 is 16.1 Å². The normalized spacial score (nSPS) is 13.4. The van der Waals surface area contributed by atoms with Gasteiger partial charge in [0, 0.05) is 6.20 Å². The molecule has 0 aliphatic rings. The Morgan fingerprint density at radius 2 is 1.84 bits per heavy atom. The highest BCUT2D eigenvalue weighted by molar-refractivity contribution is 7.89. The van der Waals surface area contributed by atoms with Crippen LogP contribution in [0.5, 0.6) is 5.75 Å². The van der Waals surface area contributed by atoms with Gasteiger partial charge in [-0.1, -0.05) is 30.3 Å². The van der Waals surface area contributed by atoms with Gasteiger partial charge in [-0.3, -0.25) is 4.31 Å². The van der Waals surface area contributed by atoms with Crippen molar-refractivity contribution in [3.05, 3.63) is 83.5 Å². The molecule has 0 fully saturated rings. The quantitative estimate of drug-likeness (QED) is 0.358. The summed E-state index contributed by atoms with van der Waals surface area (Å²) >= 11 is 0. The van der Waals surface area contributed by atoms with Crippen LogP contribution in [0.3, 0.4) is 0 Å². The number of carbonyl (C=O) groups excluding carboxylic acids is 1. The smallest absolute Gasteiger partial charge is 0.407 e. The molecule has 0 aliphatic heterocycles. The van der Waals surface area contributed by atoms with Gasteiger partial charge in [-0.15, -0.1) is 0 Å². The van der Waals surface area contributed by atoms with E-state index in [0.717, 1.165) is 16.1 Å². The van der Waals surface area contributed by atoms with Crippen molar-refractivity contribution in [3.63, 3.8) is 0 Å². The van der Waals surface area contributed by atoms with Crippen LogP contribution in [0.1, 0.15) is 26.3 Å². The van der Waals surface area contributed by atoms with E-state index in [0.29, 0.717) is 5.75 Å². The molecule has 0 aromatic heterocycles. The number of alkyl carbamates (subject to hydrolysis) is 1. The van der Waals surface area contributed by atoms with Gasteiger partial charge in [0.25, 0.3) is 15.7 Å². The lowest BCUT2D eigenvalue weighted by Gasteiger charge is -2.30. The van der Waals surface area contributed by atoms with Crippen molar-refractivity contribution < 1.29 is 27.8 Å². The lowest BCUT2D eigenvalue weighted by molar-refractivity contribution is 0.0411. The zero-order valence-electron chi connectivity index (χ0n) is 21.1. The number of aliphatic hydroxyl groups excluding tert-OH is 1. The molecule has 11 heteroatoms. The van der Waals surface area contributed by atoms with E-state index in [-0.39, 0.29) is 11.3 Å². The SMILES string of the molecule is [C-]#[N+]C(C#N)=CN(C[C@@H](O)[C@H](Cc1ccccc1)NC(=O)OC(C)(C)C)S(=O)(=O)c1ccc(OC)cc1. The Labute approximate surface area is 217 Å². The van der Waals surface area contributed by atoms with Crippen LogP contribution in [0.25, 0.3) is 4.85 Å². The Morgan fingerprint density at radius 1 is 1.22 bits per heavy atom. The highest BCUT2D eigenvalue weighted by atomic mass is 32.2. The summed E-state index contributed by atoms with van der Waals surface area (Å²) in [4.78, 5) is 15.4. The van der Waals surface area contributed by atoms with Gasteiger partial charge in [-0.2, -0.15) is 0 Å². The van der Waals surface area contributed by atoms with Crippen LogP contribution in [0.2, 0.25) is 0 Å². The molecular weight excluding hydrogens is 496 g/mol. The second kappa shape index (κ2) is 12.8. The Bertz CT molecular complexity index is 1260. The lowest BCUT2D eigenvalue weighted by atomic mass is 10.0. The second-order valence-electron chi connectivity index (χ2n) is 9.00. The highest BCUT2D eigenvalue weighted by Gasteiger charge is 2.30. The number of allylic oxidation sites excluding steroid dienone is 1. The lowest BCUT2D eigenvalue weighted by Crippen LogP contribution is -2.50. The molecule has 0 unspecified atom stereocenters. The number of aliphatic hydroxyl groups is 1. The Hall–Kier alpha value is -4.06. The van der Waals surface area contributed by atoms with Crippen molar-refractivity contribution in [2.24, 2.45) is 0 Å². The molecular formula is C26H30N4O6S. The van der Waals surface area contributed by atoms with Crippen LogP contribution in [0.4, 0.5) is 4.79 Å². The van der Waals surface area contributed by atoms with E-state index in [1.165, 1.54) is 31.4 Å². The van der Waals surface area contributed by atoms with E-state index in [9.17, 15) is 23.6 Å². The van der Waals surface area contributed by atoms with Gasteiger partial charge in [-0.25, -0.2) is 23.3 Å². The number of hydrogen-bond acceptors (Lipinski definition) is 7. The summed E-state index contributed by atoms with van der Waals surface area (Å²) in [5, 5.41) is 23.0. The summed E-state index contributed by atoms with van der Waals surface area (Å²) < 4.78 is 38.0. The molecule has 10 nitrogen and oxygen atoms in total. The Balaban J connectivity index is 2.43. The fourth-order valence-electron chi connectivity index (χ4n) is 3.24. The summed E-state index contributed by atoms with van der Waals surface area (Å²) in [7, 11) is -2.86. The van der Waals surface area contributed by atoms with E-state index < -0.39 is 46.1 Å². The molecule has 196 valence electrons. The number of rotatable bonds is 10. The molecule has 0 radical (unpaired) electrons. The summed E-state index contributed by atoms with van der Waals surface area (Å²) in [5.74, 6) is 0.435. The minimum atomic E-state index is -4.30. The Kier molecular flexibility index (Phi) is 10.1. The number of nitrogens with zero attached hydrogens (tertiary/aromatic N) is 3. The standard InChI is InChI=1S/C26H30N4O6S/c1-26(2,3)36-25(32)29-23(15-19-9-7-6-8-10-19)24(31)18-30(17-20(16-27)28-4)37(33,34)22-13-11-21(35-5)12-14-22/h6-14,17,23-24,31H,15,18H2,1-3,5H3,(H,29,32)/t23-,24+/m0/s1. The number of benzene rings is 2. The zero-order chi connectivity index (χ0) is 27.6. The topological polar surface area (TPSA) is 133 Å². The first-order valence-electron chi connectivity index (χ1n) is 11.3. The van der Waals surface area contributed by atoms with Crippen LogP contribution in [-0.2, 0) is 21.2 Å². The van der Waals surface area contributed by atoms with Crippen LogP contribution in [-0.4, -0.2) is 55.3 Å². The van der Waals surface area contributed by atoms with Gasteiger partial charge in [0.05, 0.1) is 43.3 Å². The minimum Gasteiger partial charge on any atom is -0.497 e. The number of sulfonamides is 1. The van der Waals surface area contributed by atoms with Crippen LogP contribution in [0.15, 0.2) is 71.4 Å². The van der Waals surface area contributed by atoms with Crippen LogP contribution >= 0.6 is 0 Å². The van der Waals surface area contributed by atoms with Crippen molar-refractivity contribution in [2.45, 2.75) is 49.8 Å². The molecule has 0 bridgehead atoms. The first-order valence-corrected chi connectivity index (χ1v) is 12.7. The number of nitriles is 1. The minimum absolute atomic E-state index is 0.140. The number of amides is 1. The van der Waals surface area contributed by atoms with E-state index in [4.69, 9.17) is 16.0 Å². The number of carbonyl (C=O) groups is 1. The zero-order valence-corrected chi connectivity index (χ0v) is 21.9. The third-order valence-electron chi connectivity index (χ3n) is 5.00. The average Bonchev–Trinajstić information content (AvgIpc) is 2.85. The van der Waals surface area contributed by atoms with Crippen molar-refractivity contribution in [3.8, 4) is 11.8 Å². The predicted octanol–water partition coefficient (Wildman–Crippen LogP) is 3.47. The molecule has 2 aromatic carbocycles. The maximum Gasteiger partial charge on any atom is 0.407 e. The molecule has 0 saturated heterocycles.